The van der Waals surface area contributed by atoms with Crippen LogP contribution in [-0.4, -0.2) is 26.0 Å². The zero-order valence-corrected chi connectivity index (χ0v) is 10.1. The van der Waals surface area contributed by atoms with Gasteiger partial charge < -0.3 is 5.11 Å². The van der Waals surface area contributed by atoms with Crippen LogP contribution in [0.2, 0.25) is 0 Å². The number of aromatic nitrogens is 3. The molecule has 0 aliphatic carbocycles. The first-order valence-corrected chi connectivity index (χ1v) is 6.08. The number of aromatic carboxylic acids is 1. The molecule has 6 heteroatoms. The monoisotopic (exact) mass is 249 g/mol. The van der Waals surface area contributed by atoms with Crippen molar-refractivity contribution in [2.24, 2.45) is 0 Å². The maximum absolute atomic E-state index is 11.0. The topological polar surface area (TPSA) is 76.0 Å². The minimum atomic E-state index is -0.982. The lowest BCUT2D eigenvalue weighted by Gasteiger charge is -2.04. The van der Waals surface area contributed by atoms with Crippen LogP contribution in [0.3, 0.4) is 0 Å². The van der Waals surface area contributed by atoms with E-state index in [9.17, 15) is 4.79 Å². The van der Waals surface area contributed by atoms with E-state index in [1.54, 1.807) is 11.7 Å². The normalized spacial score (nSPS) is 10.4. The van der Waals surface area contributed by atoms with Crippen LogP contribution in [0.1, 0.15) is 29.4 Å². The second kappa shape index (κ2) is 5.01. The summed E-state index contributed by atoms with van der Waals surface area (Å²) < 4.78 is 0. The molecule has 5 nitrogen and oxygen atoms in total. The summed E-state index contributed by atoms with van der Waals surface area (Å²) in [6.07, 6.45) is 4.53. The lowest BCUT2D eigenvalue weighted by atomic mass is 10.1. The first kappa shape index (κ1) is 11.7. The highest BCUT2D eigenvalue weighted by atomic mass is 32.1. The summed E-state index contributed by atoms with van der Waals surface area (Å²) in [5.74, 6) is -0.440. The van der Waals surface area contributed by atoms with Crippen molar-refractivity contribution in [1.82, 2.24) is 15.0 Å². The fourth-order valence-electron chi connectivity index (χ4n) is 1.47. The summed E-state index contributed by atoms with van der Waals surface area (Å²) in [5, 5.41) is 9.02. The summed E-state index contributed by atoms with van der Waals surface area (Å²) in [6.45, 7) is 1.99. The molecule has 0 aromatic carbocycles. The Bertz CT molecular complexity index is 526. The largest absolute Gasteiger partial charge is 0.478 e. The maximum atomic E-state index is 11.0. The molecule has 0 bridgehead atoms. The number of thiazole rings is 1. The number of carboxylic acid groups (broad SMARTS) is 1. The van der Waals surface area contributed by atoms with Gasteiger partial charge in [0.2, 0.25) is 0 Å². The number of hydrogen-bond acceptors (Lipinski definition) is 5. The van der Waals surface area contributed by atoms with Crippen LogP contribution in [-0.2, 0) is 6.42 Å². The van der Waals surface area contributed by atoms with Crippen LogP contribution in [0.5, 0.6) is 0 Å². The SMILES string of the molecule is CCCc1nc(-c2cncs2)ncc1C(=O)O. The molecule has 2 aromatic heterocycles. The first-order valence-electron chi connectivity index (χ1n) is 5.20. The highest BCUT2D eigenvalue weighted by Gasteiger charge is 2.14. The molecule has 0 saturated heterocycles. The van der Waals surface area contributed by atoms with E-state index in [0.29, 0.717) is 17.9 Å². The minimum Gasteiger partial charge on any atom is -0.478 e. The van der Waals surface area contributed by atoms with Crippen LogP contribution in [0.4, 0.5) is 0 Å². The average molecular weight is 249 g/mol. The third kappa shape index (κ3) is 2.47. The van der Waals surface area contributed by atoms with E-state index in [1.165, 1.54) is 17.5 Å². The zero-order valence-electron chi connectivity index (χ0n) is 9.25. The van der Waals surface area contributed by atoms with Gasteiger partial charge in [-0.3, -0.25) is 4.98 Å². The standard InChI is InChI=1S/C11H11N3O2S/c1-2-3-8-7(11(15)16)4-13-10(14-8)9-5-12-6-17-9/h4-6H,2-3H2,1H3,(H,15,16). The summed E-state index contributed by atoms with van der Waals surface area (Å²) in [6, 6.07) is 0. The third-order valence-corrected chi connectivity index (χ3v) is 3.01. The highest BCUT2D eigenvalue weighted by molar-refractivity contribution is 7.13. The van der Waals surface area contributed by atoms with Crippen molar-refractivity contribution in [2.45, 2.75) is 19.8 Å². The molecule has 0 saturated carbocycles. The van der Waals surface area contributed by atoms with Crippen LogP contribution in [0, 0.1) is 0 Å². The summed E-state index contributed by atoms with van der Waals surface area (Å²) in [4.78, 5) is 24.2. The van der Waals surface area contributed by atoms with Crippen molar-refractivity contribution in [1.29, 1.82) is 0 Å². The molecule has 0 aliphatic heterocycles. The van der Waals surface area contributed by atoms with Crippen LogP contribution in [0.25, 0.3) is 10.7 Å². The van der Waals surface area contributed by atoms with Gasteiger partial charge in [0.1, 0.15) is 0 Å². The van der Waals surface area contributed by atoms with Gasteiger partial charge in [0, 0.05) is 12.4 Å². The molecular formula is C11H11N3O2S. The molecule has 0 unspecified atom stereocenters. The molecule has 88 valence electrons. The van der Waals surface area contributed by atoms with Crippen LogP contribution < -0.4 is 0 Å². The molecule has 0 aliphatic rings. The number of rotatable bonds is 4. The fraction of sp³-hybridized carbons (Fsp3) is 0.273. The molecular weight excluding hydrogens is 238 g/mol. The van der Waals surface area contributed by atoms with Gasteiger partial charge in [0.15, 0.2) is 5.82 Å². The average Bonchev–Trinajstić information content (AvgIpc) is 2.82. The summed E-state index contributed by atoms with van der Waals surface area (Å²) >= 11 is 1.43. The molecule has 2 aromatic rings. The predicted molar refractivity (Wildman–Crippen MR) is 64.1 cm³/mol. The maximum Gasteiger partial charge on any atom is 0.339 e. The molecule has 0 atom stereocenters. The van der Waals surface area contributed by atoms with Gasteiger partial charge in [-0.2, -0.15) is 0 Å². The second-order valence-corrected chi connectivity index (χ2v) is 4.36. The van der Waals surface area contributed by atoms with Gasteiger partial charge in [-0.15, -0.1) is 11.3 Å². The van der Waals surface area contributed by atoms with E-state index in [1.807, 2.05) is 6.92 Å². The van der Waals surface area contributed by atoms with Crippen LogP contribution in [0.15, 0.2) is 17.9 Å². The van der Waals surface area contributed by atoms with E-state index in [2.05, 4.69) is 15.0 Å². The first-order chi connectivity index (χ1) is 8.22. The predicted octanol–water partition coefficient (Wildman–Crippen LogP) is 2.25. The van der Waals surface area contributed by atoms with E-state index in [0.717, 1.165) is 11.3 Å². The Labute approximate surface area is 102 Å². The summed E-state index contributed by atoms with van der Waals surface area (Å²) in [5.41, 5.74) is 2.46. The lowest BCUT2D eigenvalue weighted by Crippen LogP contribution is -2.07. The second-order valence-electron chi connectivity index (χ2n) is 3.47. The third-order valence-electron chi connectivity index (χ3n) is 2.24. The Hall–Kier alpha value is -1.82. The van der Waals surface area contributed by atoms with Gasteiger partial charge in [-0.1, -0.05) is 13.3 Å². The Morgan fingerprint density at radius 1 is 1.47 bits per heavy atom. The van der Waals surface area contributed by atoms with Gasteiger partial charge in [-0.25, -0.2) is 14.8 Å². The molecule has 17 heavy (non-hydrogen) atoms. The van der Waals surface area contributed by atoms with Crippen molar-refractivity contribution in [3.8, 4) is 10.7 Å². The number of nitrogens with zero attached hydrogens (tertiary/aromatic N) is 3. The van der Waals surface area contributed by atoms with Crippen molar-refractivity contribution in [3.05, 3.63) is 29.2 Å². The summed E-state index contributed by atoms with van der Waals surface area (Å²) in [7, 11) is 0. The van der Waals surface area contributed by atoms with E-state index >= 15 is 0 Å². The van der Waals surface area contributed by atoms with Crippen molar-refractivity contribution < 1.29 is 9.90 Å². The molecule has 2 heterocycles. The Kier molecular flexibility index (Phi) is 3.43. The van der Waals surface area contributed by atoms with E-state index in [-0.39, 0.29) is 5.56 Å². The minimum absolute atomic E-state index is 0.181. The number of aryl methyl sites for hydroxylation is 1. The Morgan fingerprint density at radius 2 is 2.29 bits per heavy atom. The Morgan fingerprint density at radius 3 is 2.88 bits per heavy atom. The number of hydrogen-bond donors (Lipinski definition) is 1. The number of carboxylic acids is 1. The molecule has 0 fully saturated rings. The molecule has 0 radical (unpaired) electrons. The smallest absolute Gasteiger partial charge is 0.339 e. The van der Waals surface area contributed by atoms with Crippen molar-refractivity contribution in [2.75, 3.05) is 0 Å². The Balaban J connectivity index is 2.45. The fourth-order valence-corrected chi connectivity index (χ4v) is 2.03. The number of carbonyl (C=O) groups is 1. The lowest BCUT2D eigenvalue weighted by molar-refractivity contribution is 0.0694. The van der Waals surface area contributed by atoms with Gasteiger partial charge in [0.05, 0.1) is 21.6 Å². The molecule has 2 rings (SSSR count). The van der Waals surface area contributed by atoms with Gasteiger partial charge in [-0.05, 0) is 6.42 Å². The quantitative estimate of drug-likeness (QED) is 0.899. The van der Waals surface area contributed by atoms with E-state index < -0.39 is 5.97 Å². The van der Waals surface area contributed by atoms with Gasteiger partial charge in [0.25, 0.3) is 0 Å². The molecule has 0 amide bonds. The van der Waals surface area contributed by atoms with Crippen LogP contribution >= 0.6 is 11.3 Å². The van der Waals surface area contributed by atoms with Gasteiger partial charge >= 0.3 is 5.97 Å². The van der Waals surface area contributed by atoms with Crippen molar-refractivity contribution in [3.63, 3.8) is 0 Å². The zero-order chi connectivity index (χ0) is 12.3. The van der Waals surface area contributed by atoms with E-state index in [4.69, 9.17) is 5.11 Å². The molecule has 1 N–H and O–H groups in total. The van der Waals surface area contributed by atoms with Crippen molar-refractivity contribution >= 4 is 17.3 Å². The molecule has 0 spiro atoms. The highest BCUT2D eigenvalue weighted by Crippen LogP contribution is 2.20.